The van der Waals surface area contributed by atoms with Crippen LogP contribution in [0, 0.1) is 0 Å². The molecule has 2 nitrogen and oxygen atoms in total. The molecule has 0 saturated heterocycles. The van der Waals surface area contributed by atoms with E-state index in [9.17, 15) is 4.79 Å². The Kier molecular flexibility index (Phi) is 6.88. The maximum atomic E-state index is 12.9. The Hall–Kier alpha value is -1.55. The van der Waals surface area contributed by atoms with Crippen molar-refractivity contribution in [3.05, 3.63) is 86.1 Å². The van der Waals surface area contributed by atoms with E-state index in [1.54, 1.807) is 18.2 Å². The van der Waals surface area contributed by atoms with Crippen molar-refractivity contribution in [2.45, 2.75) is 13.3 Å². The first-order chi connectivity index (χ1) is 11.9. The Bertz CT molecular complexity index is 822. The summed E-state index contributed by atoms with van der Waals surface area (Å²) in [5.41, 5.74) is 2.22. The molecule has 0 unspecified atom stereocenters. The lowest BCUT2D eigenvalue weighted by molar-refractivity contribution is -0.110. The molecule has 0 spiro atoms. The molecule has 0 aliphatic heterocycles. The highest BCUT2D eigenvalue weighted by atomic mass is 79.9. The first-order valence-corrected chi connectivity index (χ1v) is 9.09. The number of benzene rings is 1. The smallest absolute Gasteiger partial charge is 0.193 e. The molecule has 0 aromatic heterocycles. The molecule has 1 aliphatic carbocycles. The van der Waals surface area contributed by atoms with Crippen LogP contribution in [-0.4, -0.2) is 12.9 Å². The summed E-state index contributed by atoms with van der Waals surface area (Å²) in [4.78, 5) is 12.9. The fraction of sp³-hybridized carbons (Fsp3) is 0.150. The molecule has 0 radical (unpaired) electrons. The number of rotatable bonds is 5. The van der Waals surface area contributed by atoms with Crippen molar-refractivity contribution >= 4 is 50.5 Å². The second-order valence-corrected chi connectivity index (χ2v) is 7.11. The van der Waals surface area contributed by atoms with Gasteiger partial charge in [-0.3, -0.25) is 4.79 Å². The molecule has 0 amide bonds. The zero-order valence-electron chi connectivity index (χ0n) is 13.9. The summed E-state index contributed by atoms with van der Waals surface area (Å²) < 4.78 is 6.17. The quantitative estimate of drug-likeness (QED) is 0.376. The van der Waals surface area contributed by atoms with Crippen molar-refractivity contribution in [3.63, 3.8) is 0 Å². The Labute approximate surface area is 166 Å². The average molecular weight is 440 g/mol. The zero-order valence-corrected chi connectivity index (χ0v) is 17.0. The summed E-state index contributed by atoms with van der Waals surface area (Å²) in [6.45, 7) is 5.88. The minimum Gasteiger partial charge on any atom is -0.500 e. The molecular formula is C20H17BrCl2O2. The molecule has 0 fully saturated rings. The maximum Gasteiger partial charge on any atom is 0.193 e. The van der Waals surface area contributed by atoms with Crippen molar-refractivity contribution in [2.75, 3.05) is 7.11 Å². The number of Topliss-reactive ketones (excluding diaryl/α,β-unsaturated/α-hetero) is 1. The lowest BCUT2D eigenvalue weighted by Gasteiger charge is -2.10. The summed E-state index contributed by atoms with van der Waals surface area (Å²) >= 11 is 16.0. The van der Waals surface area contributed by atoms with Gasteiger partial charge in [0.2, 0.25) is 0 Å². The van der Waals surface area contributed by atoms with E-state index in [1.165, 1.54) is 7.11 Å². The molecule has 25 heavy (non-hydrogen) atoms. The molecule has 0 atom stereocenters. The van der Waals surface area contributed by atoms with E-state index in [-0.39, 0.29) is 5.78 Å². The van der Waals surface area contributed by atoms with Gasteiger partial charge in [0, 0.05) is 22.0 Å². The van der Waals surface area contributed by atoms with Crippen molar-refractivity contribution in [1.82, 2.24) is 0 Å². The summed E-state index contributed by atoms with van der Waals surface area (Å²) in [5.74, 6) is 0.399. The first-order valence-electron chi connectivity index (χ1n) is 7.54. The van der Waals surface area contributed by atoms with Crippen molar-refractivity contribution in [1.29, 1.82) is 0 Å². The number of hydrogen-bond donors (Lipinski definition) is 0. The highest BCUT2D eigenvalue weighted by Crippen LogP contribution is 2.42. The van der Waals surface area contributed by atoms with Crippen LogP contribution >= 0.6 is 39.1 Å². The summed E-state index contributed by atoms with van der Waals surface area (Å²) in [7, 11) is 1.53. The van der Waals surface area contributed by atoms with Gasteiger partial charge in [-0.2, -0.15) is 0 Å². The topological polar surface area (TPSA) is 26.3 Å². The first kappa shape index (κ1) is 19.8. The van der Waals surface area contributed by atoms with E-state index in [0.717, 1.165) is 10.0 Å². The Balaban J connectivity index is 2.43. The molecule has 0 heterocycles. The molecule has 5 heteroatoms. The molecule has 1 aliphatic rings. The van der Waals surface area contributed by atoms with Crippen molar-refractivity contribution in [3.8, 4) is 0 Å². The second kappa shape index (κ2) is 8.70. The van der Waals surface area contributed by atoms with Gasteiger partial charge in [0.05, 0.1) is 22.7 Å². The third kappa shape index (κ3) is 4.55. The van der Waals surface area contributed by atoms with Gasteiger partial charge < -0.3 is 4.74 Å². The van der Waals surface area contributed by atoms with Crippen LogP contribution in [0.15, 0.2) is 70.5 Å². The number of ether oxygens (including phenoxy) is 1. The minimum atomic E-state index is -0.149. The van der Waals surface area contributed by atoms with E-state index in [2.05, 4.69) is 22.5 Å². The van der Waals surface area contributed by atoms with Gasteiger partial charge in [-0.05, 0) is 30.7 Å². The number of methoxy groups -OCH3 is 1. The third-order valence-corrected chi connectivity index (χ3v) is 4.68. The van der Waals surface area contributed by atoms with E-state index < -0.39 is 0 Å². The van der Waals surface area contributed by atoms with Gasteiger partial charge in [0.1, 0.15) is 5.76 Å². The van der Waals surface area contributed by atoms with Crippen LogP contribution in [0.2, 0.25) is 10.0 Å². The van der Waals surface area contributed by atoms with Gasteiger partial charge in [0.25, 0.3) is 0 Å². The van der Waals surface area contributed by atoms with E-state index >= 15 is 0 Å². The summed E-state index contributed by atoms with van der Waals surface area (Å²) in [6, 6.07) is 3.41. The van der Waals surface area contributed by atoms with Crippen LogP contribution in [0.3, 0.4) is 0 Å². The fourth-order valence-corrected chi connectivity index (χ4v) is 3.91. The van der Waals surface area contributed by atoms with E-state index in [0.29, 0.717) is 38.9 Å². The molecule has 0 N–H and O–H groups in total. The normalized spacial score (nSPS) is 16.7. The van der Waals surface area contributed by atoms with Crippen LogP contribution in [0.25, 0.3) is 5.57 Å². The molecular weight excluding hydrogens is 423 g/mol. The molecule has 1 aromatic carbocycles. The standard InChI is InChI=1S/C20H17BrCl2O2/c1-4-5-6-7-12(2)8-13-9-17(25-3)19(20(13)24)18-15(22)10-14(21)11-16(18)23/h4-8,10-11H,2,9H2,1,3H3/b5-4-,7-6-,13-8+. The van der Waals surface area contributed by atoms with E-state index in [4.69, 9.17) is 27.9 Å². The lowest BCUT2D eigenvalue weighted by Crippen LogP contribution is -2.01. The SMILES string of the molecule is C=C(/C=C\C=C/C)/C=C1\CC(OC)=C(c2c(Cl)cc(Br)cc2Cl)C1=O. The van der Waals surface area contributed by atoms with Gasteiger partial charge in [-0.15, -0.1) is 0 Å². The van der Waals surface area contributed by atoms with Crippen LogP contribution in [0.5, 0.6) is 0 Å². The molecule has 1 aromatic rings. The molecule has 130 valence electrons. The third-order valence-electron chi connectivity index (χ3n) is 3.63. The predicted octanol–water partition coefficient (Wildman–Crippen LogP) is 6.70. The second-order valence-electron chi connectivity index (χ2n) is 5.38. The zero-order chi connectivity index (χ0) is 18.6. The van der Waals surface area contributed by atoms with Crippen LogP contribution in [0.4, 0.5) is 0 Å². The Morgan fingerprint density at radius 1 is 1.28 bits per heavy atom. The molecule has 2 rings (SSSR count). The van der Waals surface area contributed by atoms with Gasteiger partial charge in [-0.25, -0.2) is 0 Å². The predicted molar refractivity (Wildman–Crippen MR) is 109 cm³/mol. The van der Waals surface area contributed by atoms with Gasteiger partial charge in [-0.1, -0.05) is 70.0 Å². The summed E-state index contributed by atoms with van der Waals surface area (Å²) in [6.07, 6.45) is 9.65. The fourth-order valence-electron chi connectivity index (χ4n) is 2.52. The number of ketones is 1. The van der Waals surface area contributed by atoms with Gasteiger partial charge in [0.15, 0.2) is 5.78 Å². The maximum absolute atomic E-state index is 12.9. The van der Waals surface area contributed by atoms with Crippen LogP contribution in [0.1, 0.15) is 18.9 Å². The summed E-state index contributed by atoms with van der Waals surface area (Å²) in [5, 5.41) is 0.788. The lowest BCUT2D eigenvalue weighted by atomic mass is 10.0. The Morgan fingerprint density at radius 2 is 1.92 bits per heavy atom. The van der Waals surface area contributed by atoms with Crippen LogP contribution < -0.4 is 0 Å². The van der Waals surface area contributed by atoms with Gasteiger partial charge >= 0.3 is 0 Å². The monoisotopic (exact) mass is 438 g/mol. The number of hydrogen-bond acceptors (Lipinski definition) is 2. The minimum absolute atomic E-state index is 0.149. The molecule has 0 saturated carbocycles. The highest BCUT2D eigenvalue weighted by Gasteiger charge is 2.32. The number of carbonyl (C=O) groups is 1. The van der Waals surface area contributed by atoms with Crippen LogP contribution in [-0.2, 0) is 9.53 Å². The average Bonchev–Trinajstić information content (AvgIpc) is 2.83. The van der Waals surface area contributed by atoms with Crippen molar-refractivity contribution in [2.24, 2.45) is 0 Å². The number of halogens is 3. The molecule has 0 bridgehead atoms. The van der Waals surface area contributed by atoms with E-state index in [1.807, 2.05) is 31.2 Å². The highest BCUT2D eigenvalue weighted by molar-refractivity contribution is 9.10. The number of allylic oxidation sites excluding steroid dienone is 8. The Morgan fingerprint density at radius 3 is 2.48 bits per heavy atom. The number of carbonyl (C=O) groups excluding carboxylic acids is 1. The van der Waals surface area contributed by atoms with Crippen molar-refractivity contribution < 1.29 is 9.53 Å². The largest absolute Gasteiger partial charge is 0.500 e.